The first-order valence-electron chi connectivity index (χ1n) is 8.71. The molecular weight excluding hydrogens is 315 g/mol. The van der Waals surface area contributed by atoms with Gasteiger partial charge in [0, 0.05) is 30.7 Å². The molecule has 1 aromatic heterocycles. The normalized spacial score (nSPS) is 15.6. The lowest BCUT2D eigenvalue weighted by molar-refractivity contribution is 0.104. The maximum absolute atomic E-state index is 13.1. The van der Waals surface area contributed by atoms with E-state index in [9.17, 15) is 9.50 Å². The molecule has 3 nitrogen and oxygen atoms in total. The fourth-order valence-corrected chi connectivity index (χ4v) is 3.31. The maximum Gasteiger partial charge on any atom is 0.123 e. The number of aromatic nitrogens is 1. The third-order valence-corrected chi connectivity index (χ3v) is 4.82. The predicted molar refractivity (Wildman–Crippen MR) is 96.5 cm³/mol. The number of hydrogen-bond donors (Lipinski definition) is 1. The summed E-state index contributed by atoms with van der Waals surface area (Å²) in [5.41, 5.74) is 2.95. The van der Waals surface area contributed by atoms with Gasteiger partial charge in [-0.3, -0.25) is 9.88 Å². The molecule has 0 amide bonds. The van der Waals surface area contributed by atoms with Crippen LogP contribution in [0.1, 0.15) is 30.1 Å². The summed E-state index contributed by atoms with van der Waals surface area (Å²) in [6.45, 7) is 1.30. The van der Waals surface area contributed by atoms with Crippen molar-refractivity contribution in [3.63, 3.8) is 0 Å². The van der Waals surface area contributed by atoms with Gasteiger partial charge in [-0.05, 0) is 42.2 Å². The molecule has 1 heterocycles. The van der Waals surface area contributed by atoms with Crippen molar-refractivity contribution >= 4 is 10.9 Å². The van der Waals surface area contributed by atoms with Crippen molar-refractivity contribution in [3.8, 4) is 0 Å². The molecule has 1 saturated carbocycles. The number of halogens is 1. The zero-order chi connectivity index (χ0) is 17.2. The lowest BCUT2D eigenvalue weighted by Crippen LogP contribution is -2.30. The van der Waals surface area contributed by atoms with Crippen LogP contribution < -0.4 is 0 Å². The number of hydrogen-bond acceptors (Lipinski definition) is 3. The number of pyridine rings is 1. The molecule has 128 valence electrons. The minimum absolute atomic E-state index is 0.281. The van der Waals surface area contributed by atoms with E-state index in [0.29, 0.717) is 12.6 Å². The monoisotopic (exact) mass is 336 g/mol. The van der Waals surface area contributed by atoms with E-state index < -0.39 is 6.10 Å². The van der Waals surface area contributed by atoms with Gasteiger partial charge >= 0.3 is 0 Å². The highest BCUT2D eigenvalue weighted by molar-refractivity contribution is 5.81. The lowest BCUT2D eigenvalue weighted by atomic mass is 10.1. The van der Waals surface area contributed by atoms with E-state index in [0.717, 1.165) is 35.9 Å². The number of aliphatic hydroxyl groups is 1. The van der Waals surface area contributed by atoms with E-state index in [4.69, 9.17) is 0 Å². The van der Waals surface area contributed by atoms with Gasteiger partial charge < -0.3 is 5.11 Å². The number of para-hydroxylation sites is 1. The first-order chi connectivity index (χ1) is 12.2. The summed E-state index contributed by atoms with van der Waals surface area (Å²) in [6.07, 6.45) is 3.52. The number of fused-ring (bicyclic) bond motifs is 1. The van der Waals surface area contributed by atoms with Crippen molar-refractivity contribution in [2.24, 2.45) is 0 Å². The Kier molecular flexibility index (Phi) is 4.47. The summed E-state index contributed by atoms with van der Waals surface area (Å²) in [7, 11) is 0. The topological polar surface area (TPSA) is 36.4 Å². The van der Waals surface area contributed by atoms with Crippen LogP contribution in [0.2, 0.25) is 0 Å². The summed E-state index contributed by atoms with van der Waals surface area (Å²) in [6, 6.07) is 16.9. The number of aliphatic hydroxyl groups excluding tert-OH is 1. The Labute approximate surface area is 146 Å². The summed E-state index contributed by atoms with van der Waals surface area (Å²) in [4.78, 5) is 6.85. The highest BCUT2D eigenvalue weighted by atomic mass is 19.1. The van der Waals surface area contributed by atoms with E-state index in [1.807, 2.05) is 12.3 Å². The molecule has 3 aromatic rings. The van der Waals surface area contributed by atoms with Crippen molar-refractivity contribution in [3.05, 3.63) is 77.7 Å². The van der Waals surface area contributed by atoms with Gasteiger partial charge in [-0.25, -0.2) is 4.39 Å². The second kappa shape index (κ2) is 6.90. The van der Waals surface area contributed by atoms with Gasteiger partial charge in [0.25, 0.3) is 0 Å². The average Bonchev–Trinajstić information content (AvgIpc) is 3.47. The van der Waals surface area contributed by atoms with Crippen LogP contribution in [0.15, 0.2) is 60.8 Å². The molecule has 1 aliphatic rings. The Morgan fingerprint density at radius 3 is 2.60 bits per heavy atom. The van der Waals surface area contributed by atoms with E-state index in [1.54, 1.807) is 12.1 Å². The van der Waals surface area contributed by atoms with Crippen molar-refractivity contribution in [1.29, 1.82) is 0 Å². The van der Waals surface area contributed by atoms with Gasteiger partial charge in [-0.15, -0.1) is 0 Å². The van der Waals surface area contributed by atoms with Crippen LogP contribution in [0.3, 0.4) is 0 Å². The second-order valence-electron chi connectivity index (χ2n) is 6.72. The molecule has 0 aliphatic heterocycles. The molecule has 0 spiro atoms. The lowest BCUT2D eigenvalue weighted by Gasteiger charge is -2.25. The zero-order valence-electron chi connectivity index (χ0n) is 14.0. The summed E-state index contributed by atoms with van der Waals surface area (Å²) in [5, 5.41) is 11.7. The molecule has 0 bridgehead atoms. The molecule has 25 heavy (non-hydrogen) atoms. The van der Waals surface area contributed by atoms with Crippen LogP contribution in [0.5, 0.6) is 0 Å². The first kappa shape index (κ1) is 16.2. The third-order valence-electron chi connectivity index (χ3n) is 4.82. The highest BCUT2D eigenvalue weighted by Crippen LogP contribution is 2.31. The molecule has 4 heteroatoms. The zero-order valence-corrected chi connectivity index (χ0v) is 14.0. The highest BCUT2D eigenvalue weighted by Gasteiger charge is 2.31. The molecule has 1 atom stereocenters. The van der Waals surface area contributed by atoms with Gasteiger partial charge in [-0.2, -0.15) is 0 Å². The van der Waals surface area contributed by atoms with Crippen LogP contribution in [-0.2, 0) is 6.54 Å². The van der Waals surface area contributed by atoms with E-state index >= 15 is 0 Å². The Bertz CT molecular complexity index is 856. The van der Waals surface area contributed by atoms with Crippen molar-refractivity contribution in [2.75, 3.05) is 6.54 Å². The van der Waals surface area contributed by atoms with Crippen molar-refractivity contribution in [1.82, 2.24) is 9.88 Å². The molecule has 4 rings (SSSR count). The summed E-state index contributed by atoms with van der Waals surface area (Å²) in [5.74, 6) is -0.281. The Morgan fingerprint density at radius 2 is 1.84 bits per heavy atom. The Hall–Kier alpha value is -2.30. The van der Waals surface area contributed by atoms with Crippen LogP contribution >= 0.6 is 0 Å². The van der Waals surface area contributed by atoms with Gasteiger partial charge in [0.05, 0.1) is 11.6 Å². The van der Waals surface area contributed by atoms with E-state index in [-0.39, 0.29) is 5.82 Å². The van der Waals surface area contributed by atoms with E-state index in [1.165, 1.54) is 17.7 Å². The van der Waals surface area contributed by atoms with Crippen LogP contribution in [0.4, 0.5) is 4.39 Å². The van der Waals surface area contributed by atoms with E-state index in [2.05, 4.69) is 34.1 Å². The molecule has 1 N–H and O–H groups in total. The Balaban J connectivity index is 1.54. The predicted octanol–water partition coefficient (Wildman–Crippen LogP) is 4.07. The van der Waals surface area contributed by atoms with Crippen molar-refractivity contribution < 1.29 is 9.50 Å². The minimum Gasteiger partial charge on any atom is -0.387 e. The van der Waals surface area contributed by atoms with Gasteiger partial charge in [0.15, 0.2) is 0 Å². The fraction of sp³-hybridized carbons (Fsp3) is 0.286. The summed E-state index contributed by atoms with van der Waals surface area (Å²) < 4.78 is 13.1. The summed E-state index contributed by atoms with van der Waals surface area (Å²) >= 11 is 0. The quantitative estimate of drug-likeness (QED) is 0.737. The third kappa shape index (κ3) is 3.70. The van der Waals surface area contributed by atoms with Crippen LogP contribution in [0.25, 0.3) is 10.9 Å². The molecule has 0 radical (unpaired) electrons. The molecule has 2 aromatic carbocycles. The maximum atomic E-state index is 13.1. The second-order valence-corrected chi connectivity index (χ2v) is 6.72. The standard InChI is InChI=1S/C21H21FN2O/c22-18-8-6-15(7-9-18)20(25)14-24(19-10-11-19)13-17-4-1-3-16-5-2-12-23-21(16)17/h1-9,12,19-20,25H,10-11,13-14H2. The van der Waals surface area contributed by atoms with Crippen LogP contribution in [-0.4, -0.2) is 27.6 Å². The van der Waals surface area contributed by atoms with Crippen molar-refractivity contribution in [2.45, 2.75) is 31.5 Å². The molecule has 0 saturated heterocycles. The van der Waals surface area contributed by atoms with Gasteiger partial charge in [-0.1, -0.05) is 36.4 Å². The fourth-order valence-electron chi connectivity index (χ4n) is 3.31. The largest absolute Gasteiger partial charge is 0.387 e. The Morgan fingerprint density at radius 1 is 1.08 bits per heavy atom. The number of rotatable bonds is 6. The number of nitrogens with zero attached hydrogens (tertiary/aromatic N) is 2. The average molecular weight is 336 g/mol. The number of benzene rings is 2. The van der Waals surface area contributed by atoms with Gasteiger partial charge in [0.2, 0.25) is 0 Å². The van der Waals surface area contributed by atoms with Crippen LogP contribution in [0, 0.1) is 5.82 Å². The SMILES string of the molecule is OC(CN(Cc1cccc2cccnc12)C1CC1)c1ccc(F)cc1. The molecule has 1 aliphatic carbocycles. The van der Waals surface area contributed by atoms with Gasteiger partial charge in [0.1, 0.15) is 5.82 Å². The smallest absolute Gasteiger partial charge is 0.123 e. The molecule has 1 unspecified atom stereocenters. The first-order valence-corrected chi connectivity index (χ1v) is 8.71. The molecular formula is C21H21FN2O. The minimum atomic E-state index is -0.621. The molecule has 1 fully saturated rings.